The monoisotopic (exact) mass is 197 g/mol. The lowest BCUT2D eigenvalue weighted by atomic mass is 10.2. The summed E-state index contributed by atoms with van der Waals surface area (Å²) in [4.78, 5) is 0. The van der Waals surface area contributed by atoms with Gasteiger partial charge in [0.2, 0.25) is 5.82 Å². The standard InChI is InChI=1S/C10H9F2NO/c1-14-8-5-4-7(3-2-6-13)9(11)10(8)12/h4-5H,6,13H2,1H3. The van der Waals surface area contributed by atoms with Crippen LogP contribution in [0.3, 0.4) is 0 Å². The van der Waals surface area contributed by atoms with E-state index >= 15 is 0 Å². The van der Waals surface area contributed by atoms with Gasteiger partial charge >= 0.3 is 0 Å². The third kappa shape index (κ3) is 2.01. The number of rotatable bonds is 1. The van der Waals surface area contributed by atoms with Crippen LogP contribution in [-0.2, 0) is 0 Å². The van der Waals surface area contributed by atoms with Gasteiger partial charge < -0.3 is 10.5 Å². The molecule has 0 bridgehead atoms. The summed E-state index contributed by atoms with van der Waals surface area (Å²) in [6.07, 6.45) is 0. The Morgan fingerprint density at radius 1 is 1.36 bits per heavy atom. The molecule has 0 unspecified atom stereocenters. The lowest BCUT2D eigenvalue weighted by Crippen LogP contribution is -1.96. The number of hydrogen-bond acceptors (Lipinski definition) is 2. The Bertz CT molecular complexity index is 393. The second-order valence-electron chi connectivity index (χ2n) is 2.45. The average Bonchev–Trinajstić information content (AvgIpc) is 2.20. The maximum absolute atomic E-state index is 13.2. The van der Waals surface area contributed by atoms with Gasteiger partial charge in [-0.25, -0.2) is 4.39 Å². The van der Waals surface area contributed by atoms with E-state index in [0.29, 0.717) is 0 Å². The van der Waals surface area contributed by atoms with E-state index in [1.807, 2.05) is 0 Å². The molecule has 1 aromatic rings. The Labute approximate surface area is 80.7 Å². The van der Waals surface area contributed by atoms with Crippen LogP contribution in [-0.4, -0.2) is 13.7 Å². The SMILES string of the molecule is COc1ccc(C#CCN)c(F)c1F. The average molecular weight is 197 g/mol. The van der Waals surface area contributed by atoms with Crippen LogP contribution in [0.4, 0.5) is 8.78 Å². The van der Waals surface area contributed by atoms with Gasteiger partial charge in [-0.05, 0) is 12.1 Å². The maximum atomic E-state index is 13.2. The van der Waals surface area contributed by atoms with E-state index in [0.717, 1.165) is 0 Å². The molecule has 0 aliphatic carbocycles. The van der Waals surface area contributed by atoms with Gasteiger partial charge in [0.1, 0.15) is 0 Å². The minimum Gasteiger partial charge on any atom is -0.494 e. The molecule has 0 radical (unpaired) electrons. The summed E-state index contributed by atoms with van der Waals surface area (Å²) < 4.78 is 30.9. The van der Waals surface area contributed by atoms with Gasteiger partial charge in [0.25, 0.3) is 0 Å². The fraction of sp³-hybridized carbons (Fsp3) is 0.200. The molecular formula is C10H9F2NO. The fourth-order valence-electron chi connectivity index (χ4n) is 0.932. The van der Waals surface area contributed by atoms with E-state index in [4.69, 9.17) is 5.73 Å². The minimum absolute atomic E-state index is 0.0197. The zero-order valence-electron chi connectivity index (χ0n) is 7.60. The highest BCUT2D eigenvalue weighted by Gasteiger charge is 2.11. The maximum Gasteiger partial charge on any atom is 0.201 e. The van der Waals surface area contributed by atoms with Crippen molar-refractivity contribution in [2.75, 3.05) is 13.7 Å². The summed E-state index contributed by atoms with van der Waals surface area (Å²) in [6.45, 7) is 0.104. The zero-order chi connectivity index (χ0) is 10.6. The molecule has 0 heterocycles. The highest BCUT2D eigenvalue weighted by atomic mass is 19.2. The first-order chi connectivity index (χ1) is 6.70. The van der Waals surface area contributed by atoms with Gasteiger partial charge in [-0.3, -0.25) is 0 Å². The smallest absolute Gasteiger partial charge is 0.201 e. The molecule has 0 aliphatic heterocycles. The first-order valence-corrected chi connectivity index (χ1v) is 3.91. The van der Waals surface area contributed by atoms with E-state index < -0.39 is 11.6 Å². The Balaban J connectivity index is 3.17. The molecule has 0 aromatic heterocycles. The molecule has 0 saturated carbocycles. The third-order valence-corrected chi connectivity index (χ3v) is 1.59. The molecule has 0 fully saturated rings. The van der Waals surface area contributed by atoms with Gasteiger partial charge in [0.05, 0.1) is 19.2 Å². The number of halogens is 2. The zero-order valence-corrected chi connectivity index (χ0v) is 7.60. The Kier molecular flexibility index (Phi) is 3.43. The molecule has 2 N–H and O–H groups in total. The van der Waals surface area contributed by atoms with Crippen molar-refractivity contribution in [3.8, 4) is 17.6 Å². The van der Waals surface area contributed by atoms with Crippen LogP contribution >= 0.6 is 0 Å². The molecule has 14 heavy (non-hydrogen) atoms. The Hall–Kier alpha value is -1.60. The molecule has 0 amide bonds. The van der Waals surface area contributed by atoms with E-state index in [-0.39, 0.29) is 17.9 Å². The van der Waals surface area contributed by atoms with Crippen molar-refractivity contribution in [2.45, 2.75) is 0 Å². The van der Waals surface area contributed by atoms with E-state index in [2.05, 4.69) is 16.6 Å². The van der Waals surface area contributed by atoms with E-state index in [1.165, 1.54) is 19.2 Å². The fourth-order valence-corrected chi connectivity index (χ4v) is 0.932. The first kappa shape index (κ1) is 10.5. The second kappa shape index (κ2) is 4.58. The lowest BCUT2D eigenvalue weighted by Gasteiger charge is -2.02. The predicted octanol–water partition coefficient (Wildman–Crippen LogP) is 1.28. The summed E-state index contributed by atoms with van der Waals surface area (Å²) >= 11 is 0. The summed E-state index contributed by atoms with van der Waals surface area (Å²) in [5, 5.41) is 0. The quantitative estimate of drug-likeness (QED) is 0.688. The lowest BCUT2D eigenvalue weighted by molar-refractivity contribution is 0.371. The molecule has 0 aliphatic rings. The Morgan fingerprint density at radius 3 is 2.64 bits per heavy atom. The number of methoxy groups -OCH3 is 1. The van der Waals surface area contributed by atoms with Gasteiger partial charge in [-0.1, -0.05) is 11.8 Å². The van der Waals surface area contributed by atoms with Crippen molar-refractivity contribution < 1.29 is 13.5 Å². The van der Waals surface area contributed by atoms with Gasteiger partial charge in [-0.15, -0.1) is 0 Å². The van der Waals surface area contributed by atoms with Crippen LogP contribution in [0, 0.1) is 23.5 Å². The highest BCUT2D eigenvalue weighted by Crippen LogP contribution is 2.21. The molecule has 1 rings (SSSR count). The largest absolute Gasteiger partial charge is 0.494 e. The van der Waals surface area contributed by atoms with Crippen molar-refractivity contribution in [1.29, 1.82) is 0 Å². The molecule has 1 aromatic carbocycles. The second-order valence-corrected chi connectivity index (χ2v) is 2.45. The van der Waals surface area contributed by atoms with Gasteiger partial charge in [0.15, 0.2) is 11.6 Å². The summed E-state index contributed by atoms with van der Waals surface area (Å²) in [7, 11) is 1.27. The van der Waals surface area contributed by atoms with Crippen LogP contribution in [0.15, 0.2) is 12.1 Å². The number of ether oxygens (including phenoxy) is 1. The normalized spacial score (nSPS) is 9.14. The molecular weight excluding hydrogens is 188 g/mol. The summed E-state index contributed by atoms with van der Waals surface area (Å²) in [6, 6.07) is 2.67. The summed E-state index contributed by atoms with van der Waals surface area (Å²) in [5.41, 5.74) is 5.09. The van der Waals surface area contributed by atoms with Gasteiger partial charge in [0, 0.05) is 0 Å². The van der Waals surface area contributed by atoms with Crippen molar-refractivity contribution in [1.82, 2.24) is 0 Å². The molecule has 74 valence electrons. The van der Waals surface area contributed by atoms with Crippen LogP contribution in [0.5, 0.6) is 5.75 Å². The third-order valence-electron chi connectivity index (χ3n) is 1.59. The Morgan fingerprint density at radius 2 is 2.07 bits per heavy atom. The van der Waals surface area contributed by atoms with E-state index in [1.54, 1.807) is 0 Å². The molecule has 2 nitrogen and oxygen atoms in total. The molecule has 0 spiro atoms. The first-order valence-electron chi connectivity index (χ1n) is 3.91. The number of hydrogen-bond donors (Lipinski definition) is 1. The van der Waals surface area contributed by atoms with Gasteiger partial charge in [-0.2, -0.15) is 4.39 Å². The van der Waals surface area contributed by atoms with Crippen molar-refractivity contribution >= 4 is 0 Å². The number of benzene rings is 1. The highest BCUT2D eigenvalue weighted by molar-refractivity contribution is 5.40. The van der Waals surface area contributed by atoms with Crippen molar-refractivity contribution in [2.24, 2.45) is 5.73 Å². The number of nitrogens with two attached hydrogens (primary N) is 1. The molecule has 4 heteroatoms. The molecule has 0 atom stereocenters. The molecule has 0 saturated heterocycles. The van der Waals surface area contributed by atoms with Crippen molar-refractivity contribution in [3.05, 3.63) is 29.3 Å². The van der Waals surface area contributed by atoms with Crippen LogP contribution in [0.2, 0.25) is 0 Å². The topological polar surface area (TPSA) is 35.2 Å². The predicted molar refractivity (Wildman–Crippen MR) is 48.8 cm³/mol. The van der Waals surface area contributed by atoms with Crippen LogP contribution in [0.25, 0.3) is 0 Å². The van der Waals surface area contributed by atoms with E-state index in [9.17, 15) is 8.78 Å². The van der Waals surface area contributed by atoms with Crippen LogP contribution in [0.1, 0.15) is 5.56 Å². The summed E-state index contributed by atoms with van der Waals surface area (Å²) in [5.74, 6) is 2.68. The minimum atomic E-state index is -1.03. The van der Waals surface area contributed by atoms with Crippen LogP contribution < -0.4 is 10.5 Å². The van der Waals surface area contributed by atoms with Crippen molar-refractivity contribution in [3.63, 3.8) is 0 Å².